The molecule has 0 amide bonds. The molecule has 0 atom stereocenters. The van der Waals surface area contributed by atoms with E-state index in [9.17, 15) is 4.79 Å². The van der Waals surface area contributed by atoms with Gasteiger partial charge in [0.05, 0.1) is 21.8 Å². The average Bonchev–Trinajstić information content (AvgIpc) is 3.35. The predicted octanol–water partition coefficient (Wildman–Crippen LogP) is 3.98. The summed E-state index contributed by atoms with van der Waals surface area (Å²) < 4.78 is 1.90. The summed E-state index contributed by atoms with van der Waals surface area (Å²) in [6.45, 7) is 0.324. The van der Waals surface area contributed by atoms with Gasteiger partial charge in [-0.1, -0.05) is 36.4 Å². The van der Waals surface area contributed by atoms with Crippen LogP contribution < -0.4 is 4.57 Å². The molecule has 1 N–H and O–H groups in total. The number of pyridine rings is 1. The molecule has 5 heteroatoms. The summed E-state index contributed by atoms with van der Waals surface area (Å²) in [4.78, 5) is 13.1. The van der Waals surface area contributed by atoms with Gasteiger partial charge < -0.3 is 0 Å². The van der Waals surface area contributed by atoms with Gasteiger partial charge in [-0.05, 0) is 29.1 Å². The third-order valence-electron chi connectivity index (χ3n) is 3.94. The van der Waals surface area contributed by atoms with E-state index in [-0.39, 0.29) is 5.78 Å². The number of hydrogen-bond acceptors (Lipinski definition) is 3. The monoisotopic (exact) mass is 346 g/mol. The minimum absolute atomic E-state index is 0.115. The van der Waals surface area contributed by atoms with Crippen LogP contribution in [-0.2, 0) is 6.54 Å². The second kappa shape index (κ2) is 6.83. The minimum atomic E-state index is 0.115. The first-order valence-corrected chi connectivity index (χ1v) is 8.84. The molecule has 0 spiro atoms. The number of carbonyl (C=O) groups is 1. The first kappa shape index (κ1) is 15.5. The van der Waals surface area contributed by atoms with Crippen molar-refractivity contribution < 1.29 is 9.36 Å². The van der Waals surface area contributed by atoms with Crippen LogP contribution in [0.5, 0.6) is 0 Å². The summed E-state index contributed by atoms with van der Waals surface area (Å²) in [6, 6.07) is 19.8. The van der Waals surface area contributed by atoms with Crippen molar-refractivity contribution in [3.05, 3.63) is 83.3 Å². The Bertz CT molecular complexity index is 991. The zero-order valence-electron chi connectivity index (χ0n) is 13.4. The van der Waals surface area contributed by atoms with E-state index >= 15 is 0 Å². The van der Waals surface area contributed by atoms with E-state index in [1.165, 1.54) is 11.3 Å². The van der Waals surface area contributed by atoms with Gasteiger partial charge in [0.25, 0.3) is 0 Å². The van der Waals surface area contributed by atoms with Crippen molar-refractivity contribution in [2.45, 2.75) is 6.54 Å². The molecule has 3 aromatic heterocycles. The fourth-order valence-electron chi connectivity index (χ4n) is 2.69. The molecule has 25 heavy (non-hydrogen) atoms. The van der Waals surface area contributed by atoms with Crippen LogP contribution in [0.15, 0.2) is 78.4 Å². The van der Waals surface area contributed by atoms with Gasteiger partial charge in [0.2, 0.25) is 12.3 Å². The highest BCUT2D eigenvalue weighted by Crippen LogP contribution is 2.22. The van der Waals surface area contributed by atoms with Crippen molar-refractivity contribution >= 4 is 17.1 Å². The van der Waals surface area contributed by atoms with Crippen LogP contribution in [0.25, 0.3) is 22.5 Å². The number of thiophene rings is 1. The highest BCUT2D eigenvalue weighted by Gasteiger charge is 2.15. The maximum Gasteiger partial charge on any atom is 0.237 e. The van der Waals surface area contributed by atoms with Gasteiger partial charge in [-0.15, -0.1) is 11.3 Å². The summed E-state index contributed by atoms with van der Waals surface area (Å²) in [5.41, 5.74) is 3.90. The maximum absolute atomic E-state index is 12.3. The van der Waals surface area contributed by atoms with E-state index in [1.807, 2.05) is 83.0 Å². The molecule has 0 bridgehead atoms. The van der Waals surface area contributed by atoms with Crippen molar-refractivity contribution in [2.75, 3.05) is 0 Å². The van der Waals surface area contributed by atoms with E-state index < -0.39 is 0 Å². The van der Waals surface area contributed by atoms with E-state index in [0.717, 1.165) is 27.4 Å². The normalized spacial score (nSPS) is 10.7. The van der Waals surface area contributed by atoms with E-state index in [1.54, 1.807) is 0 Å². The van der Waals surface area contributed by atoms with Crippen molar-refractivity contribution in [1.82, 2.24) is 10.2 Å². The van der Waals surface area contributed by atoms with Crippen LogP contribution in [0.2, 0.25) is 0 Å². The van der Waals surface area contributed by atoms with Crippen LogP contribution in [0.4, 0.5) is 0 Å². The van der Waals surface area contributed by atoms with Gasteiger partial charge >= 0.3 is 0 Å². The Morgan fingerprint density at radius 3 is 2.68 bits per heavy atom. The lowest BCUT2D eigenvalue weighted by Gasteiger charge is -1.98. The van der Waals surface area contributed by atoms with Crippen LogP contribution >= 0.6 is 11.3 Å². The fourth-order valence-corrected chi connectivity index (χ4v) is 3.34. The molecule has 4 rings (SSSR count). The number of aromatic amines is 1. The Morgan fingerprint density at radius 2 is 1.88 bits per heavy atom. The molecule has 0 aliphatic carbocycles. The number of aromatic nitrogens is 3. The molecule has 4 aromatic rings. The molecule has 1 aromatic carbocycles. The largest absolute Gasteiger partial charge is 0.286 e. The molecular formula is C20H16N3OS+. The summed E-state index contributed by atoms with van der Waals surface area (Å²) in [6.07, 6.45) is 3.86. The standard InChI is InChI=1S/C20H16N3OS/c24-19(20-9-5-11-25-20)14-23-10-4-8-16(13-23)18-12-17(21-22-18)15-6-2-1-3-7-15/h1-13H,14H2,(H,21,22)/q+1. The molecule has 3 heterocycles. The first-order valence-electron chi connectivity index (χ1n) is 7.96. The number of nitrogens with zero attached hydrogens (tertiary/aromatic N) is 2. The van der Waals surface area contributed by atoms with Gasteiger partial charge in [0.15, 0.2) is 12.4 Å². The Balaban J connectivity index is 1.58. The summed E-state index contributed by atoms with van der Waals surface area (Å²) >= 11 is 1.47. The van der Waals surface area contributed by atoms with Crippen LogP contribution in [0, 0.1) is 0 Å². The number of carbonyl (C=O) groups excluding carboxylic acids is 1. The quantitative estimate of drug-likeness (QED) is 0.439. The van der Waals surface area contributed by atoms with Crippen LogP contribution in [0.3, 0.4) is 0 Å². The molecule has 0 aliphatic heterocycles. The van der Waals surface area contributed by atoms with Gasteiger partial charge in [0.1, 0.15) is 0 Å². The second-order valence-corrected chi connectivity index (χ2v) is 6.65. The number of H-pyrrole nitrogens is 1. The lowest BCUT2D eigenvalue weighted by atomic mass is 10.1. The summed E-state index contributed by atoms with van der Waals surface area (Å²) in [5.74, 6) is 0.115. The Labute approximate surface area is 149 Å². The first-order chi connectivity index (χ1) is 12.3. The number of ketones is 1. The number of nitrogens with one attached hydrogen (secondary N) is 1. The molecule has 4 nitrogen and oxygen atoms in total. The van der Waals surface area contributed by atoms with Crippen molar-refractivity contribution in [1.29, 1.82) is 0 Å². The SMILES string of the molecule is O=C(C[n+]1cccc(-c2cc(-c3ccccc3)[nH]n2)c1)c1cccs1. The second-order valence-electron chi connectivity index (χ2n) is 5.70. The fraction of sp³-hybridized carbons (Fsp3) is 0.0500. The molecule has 0 saturated carbocycles. The molecule has 0 radical (unpaired) electrons. The van der Waals surface area contributed by atoms with E-state index in [2.05, 4.69) is 10.2 Å². The summed E-state index contributed by atoms with van der Waals surface area (Å²) in [5, 5.41) is 9.41. The van der Waals surface area contributed by atoms with Crippen LogP contribution in [-0.4, -0.2) is 16.0 Å². The zero-order valence-corrected chi connectivity index (χ0v) is 14.2. The Morgan fingerprint density at radius 1 is 1.04 bits per heavy atom. The van der Waals surface area contributed by atoms with Crippen molar-refractivity contribution in [3.63, 3.8) is 0 Å². The zero-order chi connectivity index (χ0) is 17.1. The third-order valence-corrected chi connectivity index (χ3v) is 4.85. The lowest BCUT2D eigenvalue weighted by molar-refractivity contribution is -0.682. The number of rotatable bonds is 5. The Kier molecular flexibility index (Phi) is 4.23. The smallest absolute Gasteiger partial charge is 0.237 e. The molecular weight excluding hydrogens is 330 g/mol. The average molecular weight is 346 g/mol. The van der Waals surface area contributed by atoms with E-state index in [0.29, 0.717) is 6.54 Å². The van der Waals surface area contributed by atoms with Crippen molar-refractivity contribution in [3.8, 4) is 22.5 Å². The minimum Gasteiger partial charge on any atom is -0.286 e. The van der Waals surface area contributed by atoms with Gasteiger partial charge in [-0.25, -0.2) is 0 Å². The van der Waals surface area contributed by atoms with Gasteiger partial charge in [-0.3, -0.25) is 9.89 Å². The van der Waals surface area contributed by atoms with Crippen molar-refractivity contribution in [2.24, 2.45) is 0 Å². The number of Topliss-reactive ketones (excluding diaryl/α,β-unsaturated/α-hetero) is 1. The number of hydrogen-bond donors (Lipinski definition) is 1. The van der Waals surface area contributed by atoms with Gasteiger partial charge in [-0.2, -0.15) is 9.67 Å². The summed E-state index contributed by atoms with van der Waals surface area (Å²) in [7, 11) is 0. The van der Waals surface area contributed by atoms with E-state index in [4.69, 9.17) is 0 Å². The molecule has 0 aliphatic rings. The highest BCUT2D eigenvalue weighted by molar-refractivity contribution is 7.12. The maximum atomic E-state index is 12.3. The van der Waals surface area contributed by atoms with Gasteiger partial charge in [0, 0.05) is 6.07 Å². The number of benzene rings is 1. The molecule has 0 saturated heterocycles. The molecule has 122 valence electrons. The topological polar surface area (TPSA) is 49.6 Å². The molecule has 0 unspecified atom stereocenters. The van der Waals surface area contributed by atoms with Crippen LogP contribution in [0.1, 0.15) is 9.67 Å². The lowest BCUT2D eigenvalue weighted by Crippen LogP contribution is -2.37. The highest BCUT2D eigenvalue weighted by atomic mass is 32.1. The molecule has 0 fully saturated rings. The Hall–Kier alpha value is -3.05. The third kappa shape index (κ3) is 3.41. The predicted molar refractivity (Wildman–Crippen MR) is 98.3 cm³/mol.